The maximum atomic E-state index is 13.9. The summed E-state index contributed by atoms with van der Waals surface area (Å²) in [6.07, 6.45) is 16.9. The number of carbonyl (C=O) groups excluding carboxylic acids is 8. The van der Waals surface area contributed by atoms with Crippen LogP contribution < -0.4 is 22.1 Å². The SMILES string of the molecule is Cn1cccc1C(=O)SCCC(CCCCC(=O)O)SC(=O)c1cccn1C.NC(=O)CSC(CCCCC(=O)O)CCSCC(=O)NCc1ccccc1F.NC(=O)CSC(CCCCC(=O)O)CCSCC(=O)Nc1ccccc1.O=C(O)CCCCC(CCSC(=O)c1ccccc1)SC(=O)c1ccccc1.O=C(O)CCCCC(CCSCc1c(F)c(F)c(F)c(F)c1F)SCc1c(F)c(F)c(F)c(F)c1F. The summed E-state index contributed by atoms with van der Waals surface area (Å²) in [6.45, 7) is 0.159. The van der Waals surface area contributed by atoms with E-state index in [1.165, 1.54) is 88.4 Å². The van der Waals surface area contributed by atoms with Crippen molar-refractivity contribution in [2.24, 2.45) is 25.6 Å². The van der Waals surface area contributed by atoms with Crippen molar-refractivity contribution in [3.05, 3.63) is 255 Å². The van der Waals surface area contributed by atoms with Crippen LogP contribution in [-0.2, 0) is 75.3 Å². The summed E-state index contributed by atoms with van der Waals surface area (Å²) in [4.78, 5) is 149. The second kappa shape index (κ2) is 74.4. The lowest BCUT2D eigenvalue weighted by atomic mass is 10.1. The smallest absolute Gasteiger partial charge is 0.303 e. The summed E-state index contributed by atoms with van der Waals surface area (Å²) < 4.78 is 153. The lowest BCUT2D eigenvalue weighted by molar-refractivity contribution is -0.138. The summed E-state index contributed by atoms with van der Waals surface area (Å²) >= 11 is 12.8. The van der Waals surface area contributed by atoms with Gasteiger partial charge in [-0.2, -0.15) is 47.0 Å². The molecular weight excluding hydrogens is 2110 g/mol. The van der Waals surface area contributed by atoms with Crippen LogP contribution >= 0.6 is 118 Å². The van der Waals surface area contributed by atoms with Crippen LogP contribution in [-0.4, -0.2) is 187 Å². The number of aromatic nitrogens is 2. The van der Waals surface area contributed by atoms with E-state index in [0.29, 0.717) is 83.9 Å². The van der Waals surface area contributed by atoms with E-state index in [4.69, 9.17) is 37.0 Å². The molecule has 5 atom stereocenters. The fourth-order valence-corrected chi connectivity index (χ4v) is 24.2. The summed E-state index contributed by atoms with van der Waals surface area (Å²) in [5.41, 5.74) is 12.2. The van der Waals surface area contributed by atoms with E-state index in [1.807, 2.05) is 105 Å². The van der Waals surface area contributed by atoms with Crippen LogP contribution in [0.2, 0.25) is 0 Å². The minimum atomic E-state index is -2.30. The van der Waals surface area contributed by atoms with Crippen LogP contribution in [0.5, 0.6) is 0 Å². The highest BCUT2D eigenvalue weighted by Gasteiger charge is 2.30. The number of hydrogen-bond donors (Lipinski definition) is 9. The second-order valence-corrected chi connectivity index (χ2v) is 44.3. The zero-order chi connectivity index (χ0) is 108. The first kappa shape index (κ1) is 129. The maximum Gasteiger partial charge on any atom is 0.303 e. The van der Waals surface area contributed by atoms with Gasteiger partial charge in [0.25, 0.3) is 0 Å². The zero-order valence-corrected chi connectivity index (χ0v) is 88.5. The highest BCUT2D eigenvalue weighted by molar-refractivity contribution is 8.15. The highest BCUT2D eigenvalue weighted by Crippen LogP contribution is 2.36. The van der Waals surface area contributed by atoms with Gasteiger partial charge in [-0.1, -0.05) is 176 Å². The van der Waals surface area contributed by atoms with Gasteiger partial charge in [0.2, 0.25) is 55.7 Å². The number of aliphatic carboxylic acids is 5. The lowest BCUT2D eigenvalue weighted by Gasteiger charge is -2.17. The molecule has 800 valence electrons. The molecule has 0 aliphatic carbocycles. The van der Waals surface area contributed by atoms with Crippen LogP contribution in [0, 0.1) is 64.0 Å². The predicted molar refractivity (Wildman–Crippen MR) is 565 cm³/mol. The van der Waals surface area contributed by atoms with Crippen molar-refractivity contribution >= 4 is 197 Å². The molecule has 24 nitrogen and oxygen atoms in total. The van der Waals surface area contributed by atoms with Gasteiger partial charge >= 0.3 is 29.8 Å². The van der Waals surface area contributed by atoms with Crippen molar-refractivity contribution in [2.45, 2.75) is 205 Å². The fourth-order valence-electron chi connectivity index (χ4n) is 13.3. The van der Waals surface area contributed by atoms with Crippen molar-refractivity contribution < 1.29 is 136 Å². The van der Waals surface area contributed by atoms with E-state index in [1.54, 1.807) is 75.5 Å². The summed E-state index contributed by atoms with van der Waals surface area (Å²) in [5, 5.41) is 49.4. The Labute approximate surface area is 883 Å². The van der Waals surface area contributed by atoms with Gasteiger partial charge in [0.05, 0.1) is 34.4 Å². The lowest BCUT2D eigenvalue weighted by Crippen LogP contribution is -2.25. The van der Waals surface area contributed by atoms with Gasteiger partial charge in [0.1, 0.15) is 5.82 Å². The van der Waals surface area contributed by atoms with Crippen molar-refractivity contribution in [2.75, 3.05) is 57.1 Å². The molecule has 5 unspecified atom stereocenters. The number of para-hydroxylation sites is 1. The number of benzene rings is 6. The van der Waals surface area contributed by atoms with E-state index in [2.05, 4.69) is 10.6 Å². The number of carboxylic acids is 5. The molecule has 2 heterocycles. The number of anilines is 1. The van der Waals surface area contributed by atoms with Gasteiger partial charge in [-0.05, 0) is 156 Å². The number of nitrogens with two attached hydrogens (primary N) is 2. The molecule has 2 aromatic heterocycles. The second-order valence-electron chi connectivity index (χ2n) is 32.5. The standard InChI is InChI=1S/C22H18F10O2S2.C22H24O4S2.C20H26N2O4S2.C19H27FN2O4S2.C18H26N2O4S2/c23-13-10(14(24)18(28)21(31)17(13)27)7-35-6-5-9(3-1-2-4-12(33)34)36-8-11-15(25)19(29)22(32)20(30)16(11)26;23-20(24)14-8-7-13-19(28-22(26)18-11-5-2-6-12-18)15-16-27-21(25)17-9-3-1-4-10-17;1-21-12-5-8-16(21)19(25)27-14-11-15(7-3-4-10-18(23)24)28-20(26)17-9-6-13-22(17)2;20-16-7-3-1-5-14(16)11-22-18(24)13-27-10-9-15(28-12-17(21)23)6-2-4-8-19(25)26;19-16(21)12-26-15(8-4-5-9-18(23)24)10-11-25-13-17(22)20-14-6-2-1-3-7-14/h9H,1-8H2,(H,33,34);1-6,9-12,19H,7-8,13-16H2,(H,23,24);5-6,8-9,12-13,15H,3-4,7,10-11,14H2,1-2H3,(H,23,24);1,3,5,7,15H,2,4,6,8-13H2,(H2,21,23)(H,22,24)(H,25,26);1-3,6-7,15H,4-5,8-13H2,(H2,19,21)(H,20,22)(H,23,24). The van der Waals surface area contributed by atoms with Gasteiger partial charge < -0.3 is 56.8 Å². The van der Waals surface area contributed by atoms with Crippen LogP contribution in [0.4, 0.5) is 54.0 Å². The van der Waals surface area contributed by atoms with Gasteiger partial charge in [-0.3, -0.25) is 62.3 Å². The minimum Gasteiger partial charge on any atom is -0.481 e. The first-order chi connectivity index (χ1) is 69.7. The topological polar surface area (TPSA) is 409 Å². The zero-order valence-electron chi connectivity index (χ0n) is 80.3. The Kier molecular flexibility index (Phi) is 65.7. The number of amides is 4. The molecule has 0 bridgehead atoms. The molecule has 45 heteroatoms. The maximum absolute atomic E-state index is 13.9. The van der Waals surface area contributed by atoms with Crippen molar-refractivity contribution in [3.8, 4) is 0 Å². The van der Waals surface area contributed by atoms with E-state index in [-0.39, 0.29) is 152 Å². The Morgan fingerprint density at radius 1 is 0.322 bits per heavy atom. The molecule has 0 aliphatic heterocycles. The molecule has 8 aromatic rings. The number of nitrogens with one attached hydrogen (secondary N) is 2. The molecule has 0 spiro atoms. The fraction of sp³-hybridized carbons (Fsp3) is 0.436. The molecule has 146 heavy (non-hydrogen) atoms. The third kappa shape index (κ3) is 54.6. The molecule has 0 saturated carbocycles. The number of carboxylic acid groups (broad SMARTS) is 5. The molecule has 0 saturated heterocycles. The monoisotopic (exact) mass is 2230 g/mol. The molecule has 0 aliphatic rings. The molecule has 11 N–H and O–H groups in total. The van der Waals surface area contributed by atoms with Gasteiger partial charge in [0.15, 0.2) is 46.5 Å². The van der Waals surface area contributed by atoms with Crippen molar-refractivity contribution in [1.82, 2.24) is 14.5 Å². The summed E-state index contributed by atoms with van der Waals surface area (Å²) in [6, 6.07) is 41.2. The predicted octanol–water partition coefficient (Wildman–Crippen LogP) is 23.2. The Bertz CT molecular complexity index is 5370. The van der Waals surface area contributed by atoms with Crippen LogP contribution in [0.1, 0.15) is 219 Å². The van der Waals surface area contributed by atoms with Crippen molar-refractivity contribution in [1.29, 1.82) is 0 Å². The number of unbranched alkanes of at least 4 members (excludes halogenated alkanes) is 5. The minimum absolute atomic E-state index is 0.00879. The number of hydrogen-bond acceptors (Lipinski definition) is 23. The average Bonchev–Trinajstić information content (AvgIpc) is 0.826. The third-order valence-electron chi connectivity index (χ3n) is 21.0. The Morgan fingerprint density at radius 2 is 0.651 bits per heavy atom. The molecular formula is C101H121F11N6O18S10. The van der Waals surface area contributed by atoms with E-state index in [9.17, 15) is 111 Å². The number of rotatable bonds is 64. The van der Waals surface area contributed by atoms with Gasteiger partial charge in [-0.15, -0.1) is 23.5 Å². The first-order valence-electron chi connectivity index (χ1n) is 46.4. The van der Waals surface area contributed by atoms with E-state index >= 15 is 0 Å². The van der Waals surface area contributed by atoms with Crippen LogP contribution in [0.25, 0.3) is 0 Å². The Morgan fingerprint density at radius 3 is 1.04 bits per heavy atom. The van der Waals surface area contributed by atoms with Crippen LogP contribution in [0.15, 0.2) is 152 Å². The Hall–Kier alpha value is -9.48. The normalized spacial score (nSPS) is 11.9. The first-order valence-corrected chi connectivity index (χ1v) is 56.7. The molecule has 4 amide bonds. The van der Waals surface area contributed by atoms with Gasteiger partial charge in [-0.25, -0.2) is 48.3 Å². The van der Waals surface area contributed by atoms with E-state index < -0.39 is 116 Å². The number of nitrogens with zero attached hydrogens (tertiary/aromatic N) is 2. The van der Waals surface area contributed by atoms with Crippen LogP contribution in [0.3, 0.4) is 0 Å². The quantitative estimate of drug-likeness (QED) is 0.00740. The van der Waals surface area contributed by atoms with Crippen molar-refractivity contribution in [3.63, 3.8) is 0 Å². The highest BCUT2D eigenvalue weighted by atomic mass is 32.2. The Balaban J connectivity index is 0.000000382. The number of thioether (sulfide) groups is 10. The molecule has 6 aromatic carbocycles. The average molecular weight is 2240 g/mol. The number of halogens is 11. The molecule has 0 radical (unpaired) electrons. The van der Waals surface area contributed by atoms with Gasteiger partial charge in [0, 0.05) is 148 Å². The summed E-state index contributed by atoms with van der Waals surface area (Å²) in [7, 11) is 3.68. The number of aryl methyl sites for hydroxylation is 2. The molecule has 0 fully saturated rings. The summed E-state index contributed by atoms with van der Waals surface area (Å²) in [5.74, 6) is -23.5. The molecule has 8 rings (SSSR count). The third-order valence-corrected chi connectivity index (χ3v) is 32.5. The largest absolute Gasteiger partial charge is 0.481 e. The number of carbonyl (C=O) groups is 13. The van der Waals surface area contributed by atoms with E-state index in [0.717, 1.165) is 111 Å². The number of primary amides is 2.